The Labute approximate surface area is 295 Å². The second-order valence-corrected chi connectivity index (χ2v) is 19.9. The van der Waals surface area contributed by atoms with Crippen molar-refractivity contribution in [1.29, 1.82) is 0 Å². The minimum Gasteiger partial charge on any atom is -0.150 e. The first-order valence-electron chi connectivity index (χ1n) is 20.6. The van der Waals surface area contributed by atoms with Crippen molar-refractivity contribution in [3.63, 3.8) is 0 Å². The summed E-state index contributed by atoms with van der Waals surface area (Å²) in [5.74, 6) is 0.845. The normalized spacial score (nSPS) is 11.7. The standard InChI is InChI=1S/C40H81Cl3Si/c41-39-37-35-33-31-29-27-25-23-21-19-17-15-13-11-9-7-5-3-1-2-4-6-8-10-12-14-16-18-20-22-24-26-28-30-32-34-36-38-40-44(42)43/h44H,1-40H2. The quantitative estimate of drug-likeness (QED) is 0.0259. The smallest absolute Gasteiger partial charge is 0.150 e. The number of unbranched alkanes of at least 4 members (excludes halogenated alkanes) is 37. The predicted molar refractivity (Wildman–Crippen MR) is 210 cm³/mol. The molecular weight excluding hydrogens is 615 g/mol. The van der Waals surface area contributed by atoms with Gasteiger partial charge in [-0.25, -0.2) is 0 Å². The number of hydrogen-bond acceptors (Lipinski definition) is 0. The van der Waals surface area contributed by atoms with Crippen LogP contribution in [0.3, 0.4) is 0 Å². The van der Waals surface area contributed by atoms with E-state index < -0.39 is 7.42 Å². The van der Waals surface area contributed by atoms with E-state index in [4.69, 9.17) is 33.8 Å². The van der Waals surface area contributed by atoms with Gasteiger partial charge in [0.05, 0.1) is 0 Å². The fraction of sp³-hybridized carbons (Fsp3) is 1.00. The molecule has 0 aromatic carbocycles. The van der Waals surface area contributed by atoms with Crippen LogP contribution in [0.15, 0.2) is 0 Å². The van der Waals surface area contributed by atoms with E-state index in [0.717, 1.165) is 11.9 Å². The Bertz CT molecular complexity index is 487. The molecule has 0 aromatic heterocycles. The first-order valence-corrected chi connectivity index (χ1v) is 25.5. The molecule has 0 aromatic rings. The van der Waals surface area contributed by atoms with Crippen molar-refractivity contribution in [1.82, 2.24) is 0 Å². The van der Waals surface area contributed by atoms with Gasteiger partial charge in [0.15, 0.2) is 0 Å². The van der Waals surface area contributed by atoms with Gasteiger partial charge in [0.1, 0.15) is 0 Å². The third-order valence-electron chi connectivity index (χ3n) is 9.81. The van der Waals surface area contributed by atoms with Crippen LogP contribution in [-0.4, -0.2) is 13.3 Å². The van der Waals surface area contributed by atoms with Crippen molar-refractivity contribution in [2.75, 3.05) is 5.88 Å². The molecule has 0 N–H and O–H groups in total. The molecule has 0 nitrogen and oxygen atoms in total. The molecule has 266 valence electrons. The number of halogens is 3. The summed E-state index contributed by atoms with van der Waals surface area (Å²) in [4.78, 5) is 0. The lowest BCUT2D eigenvalue weighted by Crippen LogP contribution is -1.91. The van der Waals surface area contributed by atoms with Gasteiger partial charge in [-0.2, -0.15) is 22.2 Å². The summed E-state index contributed by atoms with van der Waals surface area (Å²) < 4.78 is 0. The average molecular weight is 697 g/mol. The highest BCUT2D eigenvalue weighted by molar-refractivity contribution is 7.33. The highest BCUT2D eigenvalue weighted by Gasteiger charge is 2.01. The van der Waals surface area contributed by atoms with Crippen LogP contribution in [0.1, 0.15) is 244 Å². The van der Waals surface area contributed by atoms with Gasteiger partial charge in [-0.3, -0.25) is 0 Å². The fourth-order valence-corrected chi connectivity index (χ4v) is 8.47. The van der Waals surface area contributed by atoms with E-state index >= 15 is 0 Å². The molecule has 0 aliphatic rings. The van der Waals surface area contributed by atoms with Gasteiger partial charge in [0, 0.05) is 5.88 Å². The third-order valence-corrected chi connectivity index (χ3v) is 12.2. The molecule has 0 rings (SSSR count). The maximum Gasteiger partial charge on any atom is 0.237 e. The van der Waals surface area contributed by atoms with Crippen molar-refractivity contribution in [2.24, 2.45) is 0 Å². The zero-order valence-corrected chi connectivity index (χ0v) is 33.4. The van der Waals surface area contributed by atoms with Gasteiger partial charge in [0.25, 0.3) is 0 Å². The van der Waals surface area contributed by atoms with E-state index in [1.54, 1.807) is 0 Å². The minimum absolute atomic E-state index is 0.845. The highest BCUT2D eigenvalue weighted by atomic mass is 35.7. The maximum absolute atomic E-state index is 5.91. The Morgan fingerprint density at radius 1 is 0.205 bits per heavy atom. The van der Waals surface area contributed by atoms with E-state index in [9.17, 15) is 0 Å². The Kier molecular flexibility index (Phi) is 43.1. The third kappa shape index (κ3) is 43.1. The molecule has 44 heavy (non-hydrogen) atoms. The molecule has 0 amide bonds. The van der Waals surface area contributed by atoms with Crippen LogP contribution in [0, 0.1) is 0 Å². The summed E-state index contributed by atoms with van der Waals surface area (Å²) in [6.07, 6.45) is 54.9. The number of hydrogen-bond donors (Lipinski definition) is 0. The minimum atomic E-state index is -1.34. The summed E-state index contributed by atoms with van der Waals surface area (Å²) in [7, 11) is -1.34. The van der Waals surface area contributed by atoms with Crippen LogP contribution >= 0.6 is 33.8 Å². The lowest BCUT2D eigenvalue weighted by atomic mass is 10.0. The summed E-state index contributed by atoms with van der Waals surface area (Å²) in [6.45, 7) is 0. The van der Waals surface area contributed by atoms with Crippen molar-refractivity contribution in [3.05, 3.63) is 0 Å². The molecular formula is C40H81Cl3Si. The van der Waals surface area contributed by atoms with Crippen molar-refractivity contribution < 1.29 is 0 Å². The summed E-state index contributed by atoms with van der Waals surface area (Å²) >= 11 is 17.6. The molecule has 0 aliphatic carbocycles. The molecule has 0 spiro atoms. The zero-order valence-electron chi connectivity index (χ0n) is 30.0. The van der Waals surface area contributed by atoms with Crippen molar-refractivity contribution >= 4 is 41.2 Å². The Morgan fingerprint density at radius 3 is 0.477 bits per heavy atom. The molecule has 0 saturated heterocycles. The van der Waals surface area contributed by atoms with E-state index in [1.807, 2.05) is 0 Å². The molecule has 0 bridgehead atoms. The molecule has 0 radical (unpaired) electrons. The van der Waals surface area contributed by atoms with Gasteiger partial charge in [0.2, 0.25) is 7.42 Å². The summed E-state index contributed by atoms with van der Waals surface area (Å²) in [6, 6.07) is 1.10. The van der Waals surface area contributed by atoms with Crippen LogP contribution in [-0.2, 0) is 0 Å². The first-order chi connectivity index (χ1) is 21.8. The Balaban J connectivity index is 3.03. The first kappa shape index (κ1) is 45.1. The predicted octanol–water partition coefficient (Wildman–Crippen LogP) is 16.7. The largest absolute Gasteiger partial charge is 0.237 e. The van der Waals surface area contributed by atoms with Crippen molar-refractivity contribution in [2.45, 2.75) is 250 Å². The van der Waals surface area contributed by atoms with Crippen LogP contribution in [0.5, 0.6) is 0 Å². The Morgan fingerprint density at radius 2 is 0.341 bits per heavy atom. The van der Waals surface area contributed by atoms with Gasteiger partial charge < -0.3 is 0 Å². The van der Waals surface area contributed by atoms with E-state index in [-0.39, 0.29) is 0 Å². The molecule has 4 heteroatoms. The molecule has 0 fully saturated rings. The van der Waals surface area contributed by atoms with Crippen molar-refractivity contribution in [3.8, 4) is 0 Å². The van der Waals surface area contributed by atoms with Crippen LogP contribution in [0.2, 0.25) is 6.04 Å². The molecule has 0 saturated carbocycles. The van der Waals surface area contributed by atoms with Gasteiger partial charge in [-0.05, 0) is 12.5 Å². The topological polar surface area (TPSA) is 0 Å². The summed E-state index contributed by atoms with van der Waals surface area (Å²) in [5.41, 5.74) is 0. The molecule has 0 heterocycles. The van der Waals surface area contributed by atoms with Gasteiger partial charge in [-0.1, -0.05) is 238 Å². The lowest BCUT2D eigenvalue weighted by molar-refractivity contribution is 0.510. The monoisotopic (exact) mass is 695 g/mol. The molecule has 0 atom stereocenters. The van der Waals surface area contributed by atoms with E-state index in [0.29, 0.717) is 0 Å². The van der Waals surface area contributed by atoms with E-state index in [2.05, 4.69) is 0 Å². The Hall–Kier alpha value is 1.09. The number of rotatable bonds is 40. The second-order valence-electron chi connectivity index (χ2n) is 14.3. The van der Waals surface area contributed by atoms with E-state index in [1.165, 1.54) is 244 Å². The average Bonchev–Trinajstić information content (AvgIpc) is 3.02. The molecule has 0 aliphatic heterocycles. The highest BCUT2D eigenvalue weighted by Crippen LogP contribution is 2.18. The maximum atomic E-state index is 5.91. The van der Waals surface area contributed by atoms with Gasteiger partial charge >= 0.3 is 0 Å². The zero-order chi connectivity index (χ0) is 31.9. The van der Waals surface area contributed by atoms with Crippen LogP contribution in [0.4, 0.5) is 0 Å². The van der Waals surface area contributed by atoms with Gasteiger partial charge in [-0.15, -0.1) is 11.6 Å². The lowest BCUT2D eigenvalue weighted by Gasteiger charge is -2.05. The van der Waals surface area contributed by atoms with Crippen LogP contribution < -0.4 is 0 Å². The SMILES string of the molecule is ClCCCCCCCCCCCCCCCCCCCCCCCCCCCCCCCCCCCCCCCC[SiH](Cl)Cl. The number of alkyl halides is 1. The summed E-state index contributed by atoms with van der Waals surface area (Å²) in [5, 5.41) is 0. The van der Waals surface area contributed by atoms with Crippen LogP contribution in [0.25, 0.3) is 0 Å². The molecule has 0 unspecified atom stereocenters. The fourth-order valence-electron chi connectivity index (χ4n) is 6.76. The second kappa shape index (κ2) is 42.1.